The summed E-state index contributed by atoms with van der Waals surface area (Å²) in [6.45, 7) is 0. The predicted octanol–water partition coefficient (Wildman–Crippen LogP) is 1.08. The molecule has 4 N–H and O–H groups in total. The van der Waals surface area contributed by atoms with Crippen molar-refractivity contribution in [2.75, 3.05) is 0 Å². The summed E-state index contributed by atoms with van der Waals surface area (Å²) in [6.07, 6.45) is -2.49. The minimum absolute atomic E-state index is 0.379. The monoisotopic (exact) mass is 316 g/mol. The van der Waals surface area contributed by atoms with E-state index >= 15 is 0 Å². The van der Waals surface area contributed by atoms with Gasteiger partial charge in [-0.25, -0.2) is 9.59 Å². The van der Waals surface area contributed by atoms with Crippen LogP contribution < -0.4 is 0 Å². The largest absolute Gasteiger partial charge is 0.479 e. The molecule has 0 bridgehead atoms. The molecule has 120 valence electrons. The topological polar surface area (TPSA) is 115 Å². The lowest BCUT2D eigenvalue weighted by atomic mass is 9.74. The zero-order valence-corrected chi connectivity index (χ0v) is 12.0. The Hall–Kier alpha value is -2.70. The molecule has 0 aliphatic rings. The van der Waals surface area contributed by atoms with Gasteiger partial charge in [0.2, 0.25) is 5.60 Å². The molecule has 2 atom stereocenters. The molecule has 0 aromatic heterocycles. The van der Waals surface area contributed by atoms with Gasteiger partial charge in [0.15, 0.2) is 6.10 Å². The van der Waals surface area contributed by atoms with Crippen molar-refractivity contribution >= 4 is 11.9 Å². The lowest BCUT2D eigenvalue weighted by Crippen LogP contribution is -2.57. The molecule has 0 saturated heterocycles. The third-order valence-corrected chi connectivity index (χ3v) is 3.70. The van der Waals surface area contributed by atoms with Crippen LogP contribution in [0.2, 0.25) is 0 Å². The summed E-state index contributed by atoms with van der Waals surface area (Å²) in [6, 6.07) is 16.3. The number of carboxylic acid groups (broad SMARTS) is 2. The Balaban J connectivity index is 2.69. The highest BCUT2D eigenvalue weighted by molar-refractivity contribution is 5.89. The number of carbonyl (C=O) groups is 2. The molecule has 6 heteroatoms. The van der Waals surface area contributed by atoms with Crippen molar-refractivity contribution in [1.82, 2.24) is 0 Å². The van der Waals surface area contributed by atoms with Gasteiger partial charge in [0.05, 0.1) is 5.92 Å². The van der Waals surface area contributed by atoms with E-state index in [9.17, 15) is 24.9 Å². The normalized spacial score (nSPS) is 14.9. The number of aliphatic hydroxyl groups excluding tert-OH is 1. The van der Waals surface area contributed by atoms with E-state index in [-0.39, 0.29) is 0 Å². The fourth-order valence-corrected chi connectivity index (χ4v) is 2.58. The van der Waals surface area contributed by atoms with Gasteiger partial charge in [-0.3, -0.25) is 0 Å². The van der Waals surface area contributed by atoms with Crippen LogP contribution in [-0.2, 0) is 9.59 Å². The van der Waals surface area contributed by atoms with Crippen LogP contribution in [0.3, 0.4) is 0 Å². The highest BCUT2D eigenvalue weighted by Crippen LogP contribution is 2.37. The van der Waals surface area contributed by atoms with Crippen LogP contribution in [0.1, 0.15) is 17.0 Å². The average molecular weight is 316 g/mol. The second kappa shape index (κ2) is 6.60. The molecule has 2 rings (SSSR count). The quantitative estimate of drug-likeness (QED) is 0.634. The van der Waals surface area contributed by atoms with Crippen LogP contribution in [0.15, 0.2) is 60.7 Å². The molecule has 2 aromatic carbocycles. The number of hydrogen-bond donors (Lipinski definition) is 4. The Morgan fingerprint density at radius 2 is 1.22 bits per heavy atom. The van der Waals surface area contributed by atoms with E-state index in [1.807, 2.05) is 0 Å². The van der Waals surface area contributed by atoms with Crippen LogP contribution in [0, 0.1) is 0 Å². The maximum absolute atomic E-state index is 11.7. The van der Waals surface area contributed by atoms with E-state index in [4.69, 9.17) is 5.11 Å². The van der Waals surface area contributed by atoms with Crippen LogP contribution in [-0.4, -0.2) is 44.1 Å². The molecule has 2 unspecified atom stereocenters. The van der Waals surface area contributed by atoms with Crippen LogP contribution in [0.25, 0.3) is 0 Å². The second-order valence-electron chi connectivity index (χ2n) is 5.13. The van der Waals surface area contributed by atoms with Gasteiger partial charge in [0.25, 0.3) is 0 Å². The number of carboxylic acids is 2. The number of benzene rings is 2. The lowest BCUT2D eigenvalue weighted by Gasteiger charge is -2.35. The third kappa shape index (κ3) is 3.08. The maximum atomic E-state index is 11.7. The molecule has 2 aromatic rings. The van der Waals surface area contributed by atoms with E-state index in [1.165, 1.54) is 0 Å². The Bertz CT molecular complexity index is 645. The summed E-state index contributed by atoms with van der Waals surface area (Å²) in [4.78, 5) is 22.8. The molecule has 6 nitrogen and oxygen atoms in total. The molecule has 0 aliphatic heterocycles. The first-order valence-corrected chi connectivity index (χ1v) is 6.85. The standard InChI is InChI=1S/C17H16O6/c18-14(15(19)20)17(23,16(21)22)13(11-7-3-1-4-8-11)12-9-5-2-6-10-12/h1-10,13-14,18,23H,(H,19,20)(H,21,22). The van der Waals surface area contributed by atoms with Gasteiger partial charge >= 0.3 is 11.9 Å². The van der Waals surface area contributed by atoms with Crippen molar-refractivity contribution in [3.05, 3.63) is 71.8 Å². The van der Waals surface area contributed by atoms with E-state index in [0.717, 1.165) is 0 Å². The summed E-state index contributed by atoms with van der Waals surface area (Å²) in [5.41, 5.74) is -2.16. The molecule has 0 radical (unpaired) electrons. The van der Waals surface area contributed by atoms with Crippen LogP contribution >= 0.6 is 0 Å². The summed E-state index contributed by atoms with van der Waals surface area (Å²) >= 11 is 0. The van der Waals surface area contributed by atoms with Crippen molar-refractivity contribution in [1.29, 1.82) is 0 Å². The first-order chi connectivity index (χ1) is 10.9. The summed E-state index contributed by atoms with van der Waals surface area (Å²) < 4.78 is 0. The van der Waals surface area contributed by atoms with Gasteiger partial charge in [-0.2, -0.15) is 0 Å². The average Bonchev–Trinajstić information content (AvgIpc) is 2.55. The fourth-order valence-electron chi connectivity index (χ4n) is 2.58. The smallest absolute Gasteiger partial charge is 0.340 e. The first kappa shape index (κ1) is 16.7. The van der Waals surface area contributed by atoms with Gasteiger partial charge < -0.3 is 20.4 Å². The molecule has 0 heterocycles. The number of aliphatic hydroxyl groups is 2. The van der Waals surface area contributed by atoms with Crippen LogP contribution in [0.4, 0.5) is 0 Å². The molecular formula is C17H16O6. The maximum Gasteiger partial charge on any atom is 0.340 e. The summed E-state index contributed by atoms with van der Waals surface area (Å²) in [5.74, 6) is -4.88. The summed E-state index contributed by atoms with van der Waals surface area (Å²) in [5, 5.41) is 39.0. The number of hydrogen-bond acceptors (Lipinski definition) is 4. The van der Waals surface area contributed by atoms with E-state index in [0.29, 0.717) is 11.1 Å². The zero-order valence-electron chi connectivity index (χ0n) is 12.0. The van der Waals surface area contributed by atoms with E-state index < -0.39 is 29.6 Å². The van der Waals surface area contributed by atoms with Crippen LogP contribution in [0.5, 0.6) is 0 Å². The highest BCUT2D eigenvalue weighted by atomic mass is 16.4. The van der Waals surface area contributed by atoms with E-state index in [1.54, 1.807) is 60.7 Å². The molecule has 0 aliphatic carbocycles. The third-order valence-electron chi connectivity index (χ3n) is 3.70. The second-order valence-corrected chi connectivity index (χ2v) is 5.13. The number of rotatable bonds is 6. The van der Waals surface area contributed by atoms with Gasteiger partial charge in [-0.1, -0.05) is 60.7 Å². The zero-order chi connectivity index (χ0) is 17.0. The van der Waals surface area contributed by atoms with Crippen molar-refractivity contribution in [3.8, 4) is 0 Å². The summed E-state index contributed by atoms with van der Waals surface area (Å²) in [7, 11) is 0. The SMILES string of the molecule is O=C(O)C(O)C(O)(C(=O)O)C(c1ccccc1)c1ccccc1. The minimum atomic E-state index is -2.92. The molecule has 0 spiro atoms. The van der Waals surface area contributed by atoms with Crippen molar-refractivity contribution in [2.45, 2.75) is 17.6 Å². The number of aliphatic carboxylic acids is 2. The minimum Gasteiger partial charge on any atom is -0.479 e. The van der Waals surface area contributed by atoms with Crippen molar-refractivity contribution in [3.63, 3.8) is 0 Å². The van der Waals surface area contributed by atoms with Crippen molar-refractivity contribution in [2.24, 2.45) is 0 Å². The predicted molar refractivity (Wildman–Crippen MR) is 81.0 cm³/mol. The van der Waals surface area contributed by atoms with Crippen molar-refractivity contribution < 1.29 is 30.0 Å². The van der Waals surface area contributed by atoms with Gasteiger partial charge in [-0.15, -0.1) is 0 Å². The first-order valence-electron chi connectivity index (χ1n) is 6.85. The van der Waals surface area contributed by atoms with E-state index in [2.05, 4.69) is 0 Å². The highest BCUT2D eigenvalue weighted by Gasteiger charge is 2.54. The molecule has 0 fully saturated rings. The fraction of sp³-hybridized carbons (Fsp3) is 0.176. The Kier molecular flexibility index (Phi) is 4.78. The van der Waals surface area contributed by atoms with Gasteiger partial charge in [0.1, 0.15) is 0 Å². The Morgan fingerprint density at radius 3 is 1.52 bits per heavy atom. The van der Waals surface area contributed by atoms with Gasteiger partial charge in [-0.05, 0) is 11.1 Å². The molecule has 0 saturated carbocycles. The molecule has 0 amide bonds. The lowest BCUT2D eigenvalue weighted by molar-refractivity contribution is -0.185. The Labute approximate surface area is 132 Å². The van der Waals surface area contributed by atoms with Gasteiger partial charge in [0, 0.05) is 0 Å². The Morgan fingerprint density at radius 1 is 0.826 bits per heavy atom. The molecule has 23 heavy (non-hydrogen) atoms. The molecular weight excluding hydrogens is 300 g/mol.